The number of hydrogen-bond acceptors (Lipinski definition) is 1. The van der Waals surface area contributed by atoms with Crippen LogP contribution < -0.4 is 4.90 Å². The highest BCUT2D eigenvalue weighted by Crippen LogP contribution is 2.54. The van der Waals surface area contributed by atoms with Crippen LogP contribution in [0.3, 0.4) is 0 Å². The zero-order valence-electron chi connectivity index (χ0n) is 17.8. The zero-order valence-corrected chi connectivity index (χ0v) is 17.8. The van der Waals surface area contributed by atoms with Gasteiger partial charge in [-0.1, -0.05) is 86.6 Å². The van der Waals surface area contributed by atoms with Gasteiger partial charge in [0.2, 0.25) is 0 Å². The minimum Gasteiger partial charge on any atom is -0.310 e. The fourth-order valence-electron chi connectivity index (χ4n) is 5.16. The van der Waals surface area contributed by atoms with E-state index in [1.165, 1.54) is 44.9 Å². The second-order valence-corrected chi connectivity index (χ2v) is 8.70. The van der Waals surface area contributed by atoms with Gasteiger partial charge in [0, 0.05) is 22.2 Å². The van der Waals surface area contributed by atoms with Gasteiger partial charge in [0.1, 0.15) is 0 Å². The molecule has 2 heteroatoms. The standard InChI is InChI=1S/C29H24N2/c1-29(2)24-18-10-12-20-26(24)31-25-19-11-9-17-23(25)27(28(29)31)30(21-13-5-3-6-14-21)22-15-7-4-8-16-22/h3-20H,1-2H3. The molecule has 0 unspecified atom stereocenters. The van der Waals surface area contributed by atoms with Crippen molar-refractivity contribution in [2.75, 3.05) is 4.90 Å². The molecule has 0 amide bonds. The fraction of sp³-hybridized carbons (Fsp3) is 0.103. The molecule has 0 fully saturated rings. The summed E-state index contributed by atoms with van der Waals surface area (Å²) in [6, 6.07) is 39.0. The molecule has 0 bridgehead atoms. The molecule has 6 rings (SSSR count). The molecule has 1 aromatic heterocycles. The Hall–Kier alpha value is -3.78. The van der Waals surface area contributed by atoms with Crippen molar-refractivity contribution in [3.05, 3.63) is 120 Å². The third-order valence-corrected chi connectivity index (χ3v) is 6.51. The van der Waals surface area contributed by atoms with E-state index in [0.717, 1.165) is 0 Å². The first-order valence-corrected chi connectivity index (χ1v) is 10.8. The Labute approximate surface area is 183 Å². The molecule has 0 radical (unpaired) electrons. The van der Waals surface area contributed by atoms with Crippen molar-refractivity contribution in [1.29, 1.82) is 0 Å². The summed E-state index contributed by atoms with van der Waals surface area (Å²) in [5.74, 6) is 0. The normalized spacial score (nSPS) is 13.7. The summed E-state index contributed by atoms with van der Waals surface area (Å²) in [4.78, 5) is 2.42. The molecule has 4 aromatic carbocycles. The van der Waals surface area contributed by atoms with E-state index in [9.17, 15) is 0 Å². The average molecular weight is 401 g/mol. The van der Waals surface area contributed by atoms with Crippen LogP contribution in [0.5, 0.6) is 0 Å². The second kappa shape index (κ2) is 6.61. The summed E-state index contributed by atoms with van der Waals surface area (Å²) in [6.07, 6.45) is 0. The quantitative estimate of drug-likeness (QED) is 0.301. The van der Waals surface area contributed by atoms with Crippen LogP contribution >= 0.6 is 0 Å². The first kappa shape index (κ1) is 18.0. The summed E-state index contributed by atoms with van der Waals surface area (Å²) in [5, 5.41) is 1.27. The Bertz CT molecular complexity index is 1360. The van der Waals surface area contributed by atoms with E-state index in [4.69, 9.17) is 0 Å². The summed E-state index contributed by atoms with van der Waals surface area (Å²) >= 11 is 0. The Kier molecular flexibility index (Phi) is 3.85. The van der Waals surface area contributed by atoms with E-state index >= 15 is 0 Å². The molecule has 0 saturated heterocycles. The van der Waals surface area contributed by atoms with Gasteiger partial charge in [-0.25, -0.2) is 0 Å². The third kappa shape index (κ3) is 2.51. The summed E-state index contributed by atoms with van der Waals surface area (Å²) in [6.45, 7) is 4.70. The lowest BCUT2D eigenvalue weighted by Gasteiger charge is -2.30. The Morgan fingerprint density at radius 3 is 1.84 bits per heavy atom. The molecule has 2 nitrogen and oxygen atoms in total. The van der Waals surface area contributed by atoms with E-state index in [0.29, 0.717) is 0 Å². The smallest absolute Gasteiger partial charge is 0.0762 e. The van der Waals surface area contributed by atoms with E-state index in [1.54, 1.807) is 0 Å². The summed E-state index contributed by atoms with van der Waals surface area (Å²) < 4.78 is 2.47. The molecular weight excluding hydrogens is 376 g/mol. The lowest BCUT2D eigenvalue weighted by molar-refractivity contribution is 0.645. The lowest BCUT2D eigenvalue weighted by atomic mass is 9.82. The van der Waals surface area contributed by atoms with Gasteiger partial charge in [-0.05, 0) is 42.0 Å². The van der Waals surface area contributed by atoms with Crippen LogP contribution in [0.15, 0.2) is 109 Å². The van der Waals surface area contributed by atoms with Crippen molar-refractivity contribution in [1.82, 2.24) is 4.57 Å². The van der Waals surface area contributed by atoms with Crippen molar-refractivity contribution in [3.63, 3.8) is 0 Å². The molecule has 0 saturated carbocycles. The largest absolute Gasteiger partial charge is 0.310 e. The maximum Gasteiger partial charge on any atom is 0.0762 e. The fourth-order valence-corrected chi connectivity index (χ4v) is 5.16. The Balaban J connectivity index is 1.76. The van der Waals surface area contributed by atoms with E-state index < -0.39 is 0 Å². The van der Waals surface area contributed by atoms with E-state index in [2.05, 4.69) is 133 Å². The molecular formula is C29H24N2. The predicted octanol–water partition coefficient (Wildman–Crippen LogP) is 7.74. The number of fused-ring (bicyclic) bond motifs is 5. The number of rotatable bonds is 3. The van der Waals surface area contributed by atoms with Gasteiger partial charge in [0.15, 0.2) is 0 Å². The highest BCUT2D eigenvalue weighted by atomic mass is 15.2. The number of para-hydroxylation sites is 4. The Morgan fingerprint density at radius 1 is 0.613 bits per heavy atom. The number of hydrogen-bond donors (Lipinski definition) is 0. The topological polar surface area (TPSA) is 8.17 Å². The Morgan fingerprint density at radius 2 is 1.16 bits per heavy atom. The highest BCUT2D eigenvalue weighted by molar-refractivity contribution is 6.03. The minimum atomic E-state index is -0.118. The molecule has 150 valence electrons. The van der Waals surface area contributed by atoms with Gasteiger partial charge in [-0.2, -0.15) is 0 Å². The first-order chi connectivity index (χ1) is 15.2. The van der Waals surface area contributed by atoms with Gasteiger partial charge >= 0.3 is 0 Å². The molecule has 1 aliphatic rings. The van der Waals surface area contributed by atoms with Crippen LogP contribution in [0.2, 0.25) is 0 Å². The van der Waals surface area contributed by atoms with Gasteiger partial charge in [-0.3, -0.25) is 0 Å². The van der Waals surface area contributed by atoms with E-state index in [-0.39, 0.29) is 5.41 Å². The second-order valence-electron chi connectivity index (χ2n) is 8.70. The number of aromatic nitrogens is 1. The van der Waals surface area contributed by atoms with Gasteiger partial charge < -0.3 is 9.47 Å². The molecule has 0 N–H and O–H groups in total. The summed E-state index contributed by atoms with van der Waals surface area (Å²) in [7, 11) is 0. The monoisotopic (exact) mass is 400 g/mol. The maximum absolute atomic E-state index is 2.47. The van der Waals surface area contributed by atoms with E-state index in [1.807, 2.05) is 0 Å². The number of benzene rings is 4. The number of nitrogens with zero attached hydrogens (tertiary/aromatic N) is 2. The van der Waals surface area contributed by atoms with Crippen LogP contribution in [-0.4, -0.2) is 4.57 Å². The van der Waals surface area contributed by atoms with Crippen molar-refractivity contribution < 1.29 is 0 Å². The molecule has 5 aromatic rings. The van der Waals surface area contributed by atoms with Gasteiger partial charge in [0.25, 0.3) is 0 Å². The first-order valence-electron chi connectivity index (χ1n) is 10.8. The minimum absolute atomic E-state index is 0.118. The molecule has 0 atom stereocenters. The lowest BCUT2D eigenvalue weighted by Crippen LogP contribution is -2.20. The molecule has 2 heterocycles. The third-order valence-electron chi connectivity index (χ3n) is 6.51. The molecule has 31 heavy (non-hydrogen) atoms. The van der Waals surface area contributed by atoms with Crippen LogP contribution in [0.25, 0.3) is 16.6 Å². The van der Waals surface area contributed by atoms with Crippen LogP contribution in [0, 0.1) is 0 Å². The van der Waals surface area contributed by atoms with Crippen molar-refractivity contribution in [2.45, 2.75) is 19.3 Å². The maximum atomic E-state index is 2.47. The highest BCUT2D eigenvalue weighted by Gasteiger charge is 2.41. The predicted molar refractivity (Wildman–Crippen MR) is 130 cm³/mol. The van der Waals surface area contributed by atoms with Gasteiger partial charge in [-0.15, -0.1) is 0 Å². The van der Waals surface area contributed by atoms with Crippen molar-refractivity contribution in [2.24, 2.45) is 0 Å². The van der Waals surface area contributed by atoms with Crippen LogP contribution in [0.4, 0.5) is 17.1 Å². The molecule has 0 spiro atoms. The zero-order chi connectivity index (χ0) is 21.0. The number of anilines is 3. The average Bonchev–Trinajstić information content (AvgIpc) is 3.28. The van der Waals surface area contributed by atoms with Crippen LogP contribution in [0.1, 0.15) is 25.1 Å². The van der Waals surface area contributed by atoms with Crippen molar-refractivity contribution in [3.8, 4) is 5.69 Å². The van der Waals surface area contributed by atoms with Crippen LogP contribution in [-0.2, 0) is 5.41 Å². The van der Waals surface area contributed by atoms with Gasteiger partial charge in [0.05, 0.1) is 22.6 Å². The van der Waals surface area contributed by atoms with Crippen molar-refractivity contribution >= 4 is 28.0 Å². The molecule has 1 aliphatic heterocycles. The SMILES string of the molecule is CC1(C)c2ccccc2-n2c1c(N(c1ccccc1)c1ccccc1)c1ccccc12. The summed E-state index contributed by atoms with van der Waals surface area (Å²) in [5.41, 5.74) is 8.72. The molecule has 0 aliphatic carbocycles.